The number of nitrogens with two attached hydrogens (primary N) is 1. The highest BCUT2D eigenvalue weighted by molar-refractivity contribution is 5.25. The molecular weight excluding hydrogens is 258 g/mol. The zero-order valence-electron chi connectivity index (χ0n) is 11.4. The first-order valence-corrected chi connectivity index (χ1v) is 6.49. The van der Waals surface area contributed by atoms with Crippen LogP contribution in [0.1, 0.15) is 16.7 Å². The second-order valence-electron chi connectivity index (χ2n) is 4.89. The number of nitrogens with zero attached hydrogens (tertiary/aromatic N) is 1. The predicted molar refractivity (Wildman–Crippen MR) is 75.9 cm³/mol. The Kier molecular flexibility index (Phi) is 4.82. The molecule has 20 heavy (non-hydrogen) atoms. The minimum atomic E-state index is -0.261. The maximum absolute atomic E-state index is 13.7. The Morgan fingerprint density at radius 1 is 0.950 bits per heavy atom. The van der Waals surface area contributed by atoms with E-state index >= 15 is 0 Å². The van der Waals surface area contributed by atoms with Gasteiger partial charge in [-0.3, -0.25) is 4.90 Å². The molecule has 0 saturated heterocycles. The van der Waals surface area contributed by atoms with Crippen molar-refractivity contribution in [2.75, 3.05) is 7.05 Å². The largest absolute Gasteiger partial charge is 0.326 e. The van der Waals surface area contributed by atoms with Crippen LogP contribution in [-0.4, -0.2) is 11.9 Å². The number of halogens is 2. The highest BCUT2D eigenvalue weighted by atomic mass is 19.1. The summed E-state index contributed by atoms with van der Waals surface area (Å²) in [5.74, 6) is -0.502. The van der Waals surface area contributed by atoms with Crippen molar-refractivity contribution in [3.8, 4) is 0 Å². The third-order valence-corrected chi connectivity index (χ3v) is 3.18. The fourth-order valence-electron chi connectivity index (χ4n) is 2.14. The second-order valence-corrected chi connectivity index (χ2v) is 4.89. The lowest BCUT2D eigenvalue weighted by atomic mass is 10.1. The summed E-state index contributed by atoms with van der Waals surface area (Å²) in [5.41, 5.74) is 7.62. The predicted octanol–water partition coefficient (Wildman–Crippen LogP) is 3.06. The molecule has 4 heteroatoms. The van der Waals surface area contributed by atoms with Crippen molar-refractivity contribution in [2.45, 2.75) is 19.6 Å². The first kappa shape index (κ1) is 14.6. The summed E-state index contributed by atoms with van der Waals surface area (Å²) in [6.45, 7) is 1.22. The van der Waals surface area contributed by atoms with Crippen LogP contribution in [0.25, 0.3) is 0 Å². The molecule has 0 heterocycles. The maximum atomic E-state index is 13.7. The SMILES string of the molecule is CN(Cc1ccccc1F)Cc1cc(CN)ccc1F. The standard InChI is InChI=1S/C16H18F2N2/c1-20(10-13-4-2-3-5-15(13)17)11-14-8-12(9-19)6-7-16(14)18/h2-8H,9-11,19H2,1H3. The molecule has 0 spiro atoms. The Morgan fingerprint density at radius 3 is 2.30 bits per heavy atom. The van der Waals surface area contributed by atoms with Crippen LogP contribution in [0.15, 0.2) is 42.5 Å². The van der Waals surface area contributed by atoms with Crippen molar-refractivity contribution in [1.29, 1.82) is 0 Å². The van der Waals surface area contributed by atoms with Crippen LogP contribution in [0.3, 0.4) is 0 Å². The van der Waals surface area contributed by atoms with Crippen LogP contribution in [-0.2, 0) is 19.6 Å². The first-order chi connectivity index (χ1) is 9.60. The third kappa shape index (κ3) is 3.62. The normalized spacial score (nSPS) is 11.1. The molecule has 0 fully saturated rings. The molecule has 2 rings (SSSR count). The van der Waals surface area contributed by atoms with Gasteiger partial charge < -0.3 is 5.73 Å². The summed E-state index contributed by atoms with van der Waals surface area (Å²) in [7, 11) is 1.83. The fraction of sp³-hybridized carbons (Fsp3) is 0.250. The molecule has 2 aromatic carbocycles. The number of benzene rings is 2. The summed E-state index contributed by atoms with van der Waals surface area (Å²) < 4.78 is 27.3. The van der Waals surface area contributed by atoms with Crippen molar-refractivity contribution in [3.63, 3.8) is 0 Å². The van der Waals surface area contributed by atoms with Gasteiger partial charge in [-0.05, 0) is 24.7 Å². The molecular formula is C16H18F2N2. The van der Waals surface area contributed by atoms with Gasteiger partial charge >= 0.3 is 0 Å². The van der Waals surface area contributed by atoms with E-state index in [2.05, 4.69) is 0 Å². The van der Waals surface area contributed by atoms with Gasteiger partial charge in [0.15, 0.2) is 0 Å². The van der Waals surface area contributed by atoms with Gasteiger partial charge in [0, 0.05) is 30.8 Å². The van der Waals surface area contributed by atoms with Gasteiger partial charge in [0.25, 0.3) is 0 Å². The van der Waals surface area contributed by atoms with Gasteiger partial charge in [0.05, 0.1) is 0 Å². The second kappa shape index (κ2) is 6.59. The molecule has 0 aliphatic carbocycles. The first-order valence-electron chi connectivity index (χ1n) is 6.49. The lowest BCUT2D eigenvalue weighted by Crippen LogP contribution is -2.19. The van der Waals surface area contributed by atoms with E-state index in [4.69, 9.17) is 5.73 Å². The van der Waals surface area contributed by atoms with Gasteiger partial charge in [0.1, 0.15) is 11.6 Å². The summed E-state index contributed by atoms with van der Waals surface area (Å²) in [6, 6.07) is 11.5. The Balaban J connectivity index is 2.08. The average molecular weight is 276 g/mol. The van der Waals surface area contributed by atoms with E-state index in [0.717, 1.165) is 5.56 Å². The summed E-state index contributed by atoms with van der Waals surface area (Å²) in [6.07, 6.45) is 0. The molecule has 0 aromatic heterocycles. The van der Waals surface area contributed by atoms with E-state index < -0.39 is 0 Å². The minimum Gasteiger partial charge on any atom is -0.326 e. The van der Waals surface area contributed by atoms with E-state index in [9.17, 15) is 8.78 Å². The lowest BCUT2D eigenvalue weighted by molar-refractivity contribution is 0.308. The number of rotatable bonds is 5. The summed E-state index contributed by atoms with van der Waals surface area (Å²) in [4.78, 5) is 1.87. The Hall–Kier alpha value is -1.78. The van der Waals surface area contributed by atoms with Crippen LogP contribution in [0.4, 0.5) is 8.78 Å². The van der Waals surface area contributed by atoms with Gasteiger partial charge in [-0.2, -0.15) is 0 Å². The monoisotopic (exact) mass is 276 g/mol. The van der Waals surface area contributed by atoms with Crippen molar-refractivity contribution in [1.82, 2.24) is 4.90 Å². The van der Waals surface area contributed by atoms with Gasteiger partial charge in [-0.1, -0.05) is 30.3 Å². The molecule has 0 atom stereocenters. The van der Waals surface area contributed by atoms with Crippen molar-refractivity contribution in [3.05, 3.63) is 70.8 Å². The Labute approximate surface area is 117 Å². The van der Waals surface area contributed by atoms with E-state index in [0.29, 0.717) is 30.8 Å². The van der Waals surface area contributed by atoms with Crippen LogP contribution in [0.5, 0.6) is 0 Å². The summed E-state index contributed by atoms with van der Waals surface area (Å²) in [5, 5.41) is 0. The molecule has 0 saturated carbocycles. The smallest absolute Gasteiger partial charge is 0.127 e. The van der Waals surface area contributed by atoms with Crippen molar-refractivity contribution >= 4 is 0 Å². The molecule has 106 valence electrons. The van der Waals surface area contributed by atoms with Crippen LogP contribution < -0.4 is 5.73 Å². The zero-order chi connectivity index (χ0) is 14.5. The molecule has 2 N–H and O–H groups in total. The highest BCUT2D eigenvalue weighted by Gasteiger charge is 2.09. The van der Waals surface area contributed by atoms with E-state index in [-0.39, 0.29) is 11.6 Å². The van der Waals surface area contributed by atoms with Crippen LogP contribution in [0, 0.1) is 11.6 Å². The Bertz CT molecular complexity index is 584. The molecule has 0 radical (unpaired) electrons. The van der Waals surface area contributed by atoms with E-state index in [1.165, 1.54) is 12.1 Å². The molecule has 0 aliphatic heterocycles. The van der Waals surface area contributed by atoms with E-state index in [1.807, 2.05) is 11.9 Å². The van der Waals surface area contributed by atoms with Gasteiger partial charge in [-0.15, -0.1) is 0 Å². The maximum Gasteiger partial charge on any atom is 0.127 e. The van der Waals surface area contributed by atoms with Gasteiger partial charge in [-0.25, -0.2) is 8.78 Å². The summed E-state index contributed by atoms with van der Waals surface area (Å²) >= 11 is 0. The molecule has 0 aliphatic rings. The number of hydrogen-bond acceptors (Lipinski definition) is 2. The molecule has 0 unspecified atom stereocenters. The van der Waals surface area contributed by atoms with Crippen LogP contribution in [0.2, 0.25) is 0 Å². The van der Waals surface area contributed by atoms with Crippen LogP contribution >= 0.6 is 0 Å². The third-order valence-electron chi connectivity index (χ3n) is 3.18. The zero-order valence-corrected chi connectivity index (χ0v) is 11.4. The average Bonchev–Trinajstić information content (AvgIpc) is 2.44. The van der Waals surface area contributed by atoms with Crippen molar-refractivity contribution in [2.24, 2.45) is 5.73 Å². The highest BCUT2D eigenvalue weighted by Crippen LogP contribution is 2.15. The molecule has 2 nitrogen and oxygen atoms in total. The minimum absolute atomic E-state index is 0.240. The van der Waals surface area contributed by atoms with Gasteiger partial charge in [0.2, 0.25) is 0 Å². The van der Waals surface area contributed by atoms with E-state index in [1.54, 1.807) is 30.3 Å². The Morgan fingerprint density at radius 2 is 1.60 bits per heavy atom. The topological polar surface area (TPSA) is 29.3 Å². The molecule has 0 amide bonds. The quantitative estimate of drug-likeness (QED) is 0.909. The fourth-order valence-corrected chi connectivity index (χ4v) is 2.14. The molecule has 0 bridgehead atoms. The number of hydrogen-bond donors (Lipinski definition) is 1. The lowest BCUT2D eigenvalue weighted by Gasteiger charge is -2.18. The van der Waals surface area contributed by atoms with Crippen molar-refractivity contribution < 1.29 is 8.78 Å². The molecule has 2 aromatic rings.